The van der Waals surface area contributed by atoms with Crippen molar-refractivity contribution in [2.24, 2.45) is 5.92 Å². The summed E-state index contributed by atoms with van der Waals surface area (Å²) in [6.07, 6.45) is -3.58. The monoisotopic (exact) mass is 505 g/mol. The minimum absolute atomic E-state index is 0.194. The molecule has 1 saturated heterocycles. The van der Waals surface area contributed by atoms with Crippen LogP contribution in [0.25, 0.3) is 16.9 Å². The number of aromatic nitrogens is 2. The normalized spacial score (nSPS) is 14.7. The average Bonchev–Trinajstić information content (AvgIpc) is 3.30. The predicted octanol–water partition coefficient (Wildman–Crippen LogP) is 5.63. The van der Waals surface area contributed by atoms with Gasteiger partial charge in [-0.25, -0.2) is 4.68 Å². The second-order valence-electron chi connectivity index (χ2n) is 8.17. The number of piperidine rings is 1. The number of hydrogen-bond donors (Lipinski definition) is 0. The summed E-state index contributed by atoms with van der Waals surface area (Å²) >= 11 is 6.22. The van der Waals surface area contributed by atoms with Crippen LogP contribution >= 0.6 is 11.6 Å². The maximum absolute atomic E-state index is 13.4. The van der Waals surface area contributed by atoms with Gasteiger partial charge in [0, 0.05) is 24.2 Å². The van der Waals surface area contributed by atoms with Crippen molar-refractivity contribution in [3.05, 3.63) is 70.9 Å². The Balaban J connectivity index is 1.56. The number of para-hydroxylation sites is 1. The molecule has 0 radical (unpaired) electrons. The van der Waals surface area contributed by atoms with Crippen molar-refractivity contribution >= 4 is 23.5 Å². The van der Waals surface area contributed by atoms with E-state index in [1.807, 2.05) is 0 Å². The largest absolute Gasteiger partial charge is 0.466 e. The van der Waals surface area contributed by atoms with Crippen molar-refractivity contribution in [2.45, 2.75) is 25.9 Å². The van der Waals surface area contributed by atoms with Crippen LogP contribution in [0.1, 0.15) is 35.8 Å². The van der Waals surface area contributed by atoms with Gasteiger partial charge in [-0.15, -0.1) is 0 Å². The average molecular weight is 506 g/mol. The smallest absolute Gasteiger partial charge is 0.435 e. The summed E-state index contributed by atoms with van der Waals surface area (Å²) in [7, 11) is 0. The van der Waals surface area contributed by atoms with E-state index in [1.165, 1.54) is 0 Å². The maximum atomic E-state index is 13.4. The molecule has 2 aromatic carbocycles. The van der Waals surface area contributed by atoms with Crippen LogP contribution in [-0.4, -0.2) is 46.3 Å². The number of benzene rings is 2. The van der Waals surface area contributed by atoms with Crippen molar-refractivity contribution in [1.29, 1.82) is 0 Å². The Hall–Kier alpha value is -3.33. The molecule has 1 aromatic heterocycles. The molecule has 0 bridgehead atoms. The summed E-state index contributed by atoms with van der Waals surface area (Å²) in [5, 5.41) is 4.00. The van der Waals surface area contributed by atoms with Gasteiger partial charge in [-0.05, 0) is 50.1 Å². The molecule has 3 aromatic rings. The Morgan fingerprint density at radius 3 is 2.34 bits per heavy atom. The van der Waals surface area contributed by atoms with Crippen molar-refractivity contribution in [1.82, 2.24) is 14.7 Å². The molecular formula is C25H23ClF3N3O3. The summed E-state index contributed by atoms with van der Waals surface area (Å²) in [5.74, 6) is -0.652. The van der Waals surface area contributed by atoms with E-state index in [4.69, 9.17) is 16.3 Å². The lowest BCUT2D eigenvalue weighted by molar-refractivity contribution is -0.149. The third-order valence-corrected chi connectivity index (χ3v) is 6.23. The number of carbonyl (C=O) groups excluding carboxylic acids is 2. The number of nitrogens with zero attached hydrogens (tertiary/aromatic N) is 3. The summed E-state index contributed by atoms with van der Waals surface area (Å²) in [4.78, 5) is 26.5. The molecule has 1 aliphatic rings. The lowest BCUT2D eigenvalue weighted by Crippen LogP contribution is -2.40. The third-order valence-electron chi connectivity index (χ3n) is 5.91. The van der Waals surface area contributed by atoms with E-state index >= 15 is 0 Å². The van der Waals surface area contributed by atoms with Crippen molar-refractivity contribution in [3.63, 3.8) is 0 Å². The molecule has 0 spiro atoms. The molecule has 4 rings (SSSR count). The van der Waals surface area contributed by atoms with Gasteiger partial charge in [0.25, 0.3) is 5.91 Å². The zero-order chi connectivity index (χ0) is 25.2. The Labute approximate surface area is 205 Å². The number of ether oxygens (including phenoxy) is 1. The van der Waals surface area contributed by atoms with E-state index in [0.29, 0.717) is 49.4 Å². The third kappa shape index (κ3) is 5.35. The summed E-state index contributed by atoms with van der Waals surface area (Å²) in [6, 6.07) is 13.8. The molecule has 184 valence electrons. The first kappa shape index (κ1) is 24.8. The van der Waals surface area contributed by atoms with Gasteiger partial charge in [-0.2, -0.15) is 18.3 Å². The van der Waals surface area contributed by atoms with Crippen LogP contribution in [0, 0.1) is 5.92 Å². The van der Waals surface area contributed by atoms with Crippen molar-refractivity contribution in [2.75, 3.05) is 19.7 Å². The van der Waals surface area contributed by atoms with Gasteiger partial charge in [0.2, 0.25) is 0 Å². The highest BCUT2D eigenvalue weighted by molar-refractivity contribution is 6.32. The molecule has 1 aliphatic heterocycles. The van der Waals surface area contributed by atoms with Crippen LogP contribution in [0.15, 0.2) is 54.6 Å². The highest BCUT2D eigenvalue weighted by Crippen LogP contribution is 2.34. The molecule has 6 nitrogen and oxygen atoms in total. The van der Waals surface area contributed by atoms with E-state index in [0.717, 1.165) is 10.7 Å². The summed E-state index contributed by atoms with van der Waals surface area (Å²) < 4.78 is 46.5. The van der Waals surface area contributed by atoms with Gasteiger partial charge in [-0.1, -0.05) is 35.9 Å². The fraction of sp³-hybridized carbons (Fsp3) is 0.320. The highest BCUT2D eigenvalue weighted by atomic mass is 35.5. The number of likely N-dealkylation sites (tertiary alicyclic amines) is 1. The highest BCUT2D eigenvalue weighted by Gasteiger charge is 2.35. The zero-order valence-corrected chi connectivity index (χ0v) is 19.6. The summed E-state index contributed by atoms with van der Waals surface area (Å²) in [6.45, 7) is 2.94. The minimum Gasteiger partial charge on any atom is -0.466 e. The Morgan fingerprint density at radius 2 is 1.74 bits per heavy atom. The maximum Gasteiger partial charge on any atom is 0.435 e. The molecule has 35 heavy (non-hydrogen) atoms. The van der Waals surface area contributed by atoms with Crippen molar-refractivity contribution in [3.8, 4) is 16.9 Å². The molecule has 0 saturated carbocycles. The Bertz CT molecular complexity index is 1220. The van der Waals surface area contributed by atoms with E-state index < -0.39 is 11.9 Å². The standard InChI is InChI=1S/C25H23ClF3N3O3/c1-2-35-24(34)18-11-13-31(14-12-18)23(33)17-9-7-16(8-10-17)21-15-22(25(27,28)29)30-32(21)20-6-4-3-5-19(20)26/h3-10,15,18H,2,11-14H2,1H3. The lowest BCUT2D eigenvalue weighted by atomic mass is 9.96. The number of hydrogen-bond acceptors (Lipinski definition) is 4. The molecular weight excluding hydrogens is 483 g/mol. The minimum atomic E-state index is -4.63. The second-order valence-corrected chi connectivity index (χ2v) is 8.58. The number of alkyl halides is 3. The SMILES string of the molecule is CCOC(=O)C1CCN(C(=O)c2ccc(-c3cc(C(F)(F)F)nn3-c3ccccc3Cl)cc2)CC1. The van der Waals surface area contributed by atoms with Crippen LogP contribution in [0.5, 0.6) is 0 Å². The van der Waals surface area contributed by atoms with Gasteiger partial charge in [0.1, 0.15) is 0 Å². The molecule has 10 heteroatoms. The fourth-order valence-electron chi connectivity index (χ4n) is 4.08. The van der Waals surface area contributed by atoms with Crippen LogP contribution < -0.4 is 0 Å². The molecule has 0 N–H and O–H groups in total. The van der Waals surface area contributed by atoms with Gasteiger partial charge in [0.15, 0.2) is 5.69 Å². The molecule has 0 unspecified atom stereocenters. The van der Waals surface area contributed by atoms with E-state index in [-0.39, 0.29) is 28.5 Å². The molecule has 1 amide bonds. The first-order chi connectivity index (χ1) is 16.7. The summed E-state index contributed by atoms with van der Waals surface area (Å²) in [5.41, 5.74) is 0.315. The zero-order valence-electron chi connectivity index (χ0n) is 18.9. The number of amides is 1. The molecule has 1 fully saturated rings. The fourth-order valence-corrected chi connectivity index (χ4v) is 4.29. The number of rotatable bonds is 5. The van der Waals surface area contributed by atoms with Crippen molar-refractivity contribution < 1.29 is 27.5 Å². The van der Waals surface area contributed by atoms with E-state index in [9.17, 15) is 22.8 Å². The first-order valence-corrected chi connectivity index (χ1v) is 11.6. The Morgan fingerprint density at radius 1 is 1.09 bits per heavy atom. The van der Waals surface area contributed by atoms with E-state index in [2.05, 4.69) is 5.10 Å². The lowest BCUT2D eigenvalue weighted by Gasteiger charge is -2.31. The molecule has 0 aliphatic carbocycles. The molecule has 0 atom stereocenters. The topological polar surface area (TPSA) is 64.4 Å². The van der Waals surface area contributed by atoms with Crippen LogP contribution in [0.4, 0.5) is 13.2 Å². The van der Waals surface area contributed by atoms with Crippen LogP contribution in [-0.2, 0) is 15.7 Å². The van der Waals surface area contributed by atoms with Gasteiger partial charge >= 0.3 is 12.1 Å². The molecule has 2 heterocycles. The first-order valence-electron chi connectivity index (χ1n) is 11.2. The van der Waals surface area contributed by atoms with Gasteiger partial charge in [-0.3, -0.25) is 9.59 Å². The van der Waals surface area contributed by atoms with Crippen LogP contribution in [0.3, 0.4) is 0 Å². The predicted molar refractivity (Wildman–Crippen MR) is 124 cm³/mol. The van der Waals surface area contributed by atoms with Gasteiger partial charge < -0.3 is 9.64 Å². The van der Waals surface area contributed by atoms with Gasteiger partial charge in [0.05, 0.1) is 28.9 Å². The second kappa shape index (κ2) is 10.1. The van der Waals surface area contributed by atoms with E-state index in [1.54, 1.807) is 60.4 Å². The number of esters is 1. The quantitative estimate of drug-likeness (QED) is 0.422. The Kier molecular flexibility index (Phi) is 7.16. The van der Waals surface area contributed by atoms with Crippen LogP contribution in [0.2, 0.25) is 5.02 Å². The number of halogens is 4. The number of carbonyl (C=O) groups is 2.